The topological polar surface area (TPSA) is 36.4 Å². The summed E-state index contributed by atoms with van der Waals surface area (Å²) in [6, 6.07) is 6.77. The van der Waals surface area contributed by atoms with E-state index >= 15 is 0 Å². The number of rotatable bonds is 3. The van der Waals surface area contributed by atoms with Crippen molar-refractivity contribution in [3.8, 4) is 0 Å². The number of piperidine rings is 1. The Labute approximate surface area is 147 Å². The molecule has 1 amide bonds. The minimum absolute atomic E-state index is 0.236. The molecule has 2 aliphatic heterocycles. The van der Waals surface area contributed by atoms with Gasteiger partial charge in [-0.25, -0.2) is 0 Å². The third-order valence-electron chi connectivity index (χ3n) is 5.25. The van der Waals surface area contributed by atoms with E-state index in [1.54, 1.807) is 17.3 Å². The third-order valence-corrected chi connectivity index (χ3v) is 6.27. The lowest BCUT2D eigenvalue weighted by Gasteiger charge is -2.40. The van der Waals surface area contributed by atoms with Gasteiger partial charge in [0.05, 0.1) is 6.42 Å². The van der Waals surface area contributed by atoms with Gasteiger partial charge >= 0.3 is 0 Å². The molecule has 2 aliphatic rings. The monoisotopic (exact) mass is 341 g/mol. The quantitative estimate of drug-likeness (QED) is 0.861. The standard InChI is InChI=1S/C19H23N3OS/c23-19(12-15-2-1-7-20-13-15)21-8-3-17(4-9-21)22-10-5-18-16(14-22)6-11-24-18/h1-2,6-7,11,13,17H,3-5,8-10,12,14H2. The van der Waals surface area contributed by atoms with E-state index in [2.05, 4.69) is 21.3 Å². The lowest BCUT2D eigenvalue weighted by molar-refractivity contribution is -0.132. The van der Waals surface area contributed by atoms with Crippen LogP contribution in [-0.2, 0) is 24.2 Å². The lowest BCUT2D eigenvalue weighted by Crippen LogP contribution is -2.48. The van der Waals surface area contributed by atoms with Crippen molar-refractivity contribution in [2.24, 2.45) is 0 Å². The molecule has 1 saturated heterocycles. The zero-order valence-corrected chi connectivity index (χ0v) is 14.7. The first-order valence-electron chi connectivity index (χ1n) is 8.75. The Morgan fingerprint density at radius 1 is 1.25 bits per heavy atom. The van der Waals surface area contributed by atoms with Gasteiger partial charge in [-0.3, -0.25) is 14.7 Å². The average molecular weight is 341 g/mol. The fourth-order valence-electron chi connectivity index (χ4n) is 3.85. The van der Waals surface area contributed by atoms with E-state index in [-0.39, 0.29) is 5.91 Å². The van der Waals surface area contributed by atoms with Crippen LogP contribution in [0.2, 0.25) is 0 Å². The van der Waals surface area contributed by atoms with Crippen LogP contribution in [0.25, 0.3) is 0 Å². The van der Waals surface area contributed by atoms with E-state index in [9.17, 15) is 4.79 Å². The Morgan fingerprint density at radius 3 is 2.92 bits per heavy atom. The van der Waals surface area contributed by atoms with Gasteiger partial charge in [-0.15, -0.1) is 11.3 Å². The number of carbonyl (C=O) groups excluding carboxylic acids is 1. The molecule has 4 heterocycles. The molecular formula is C19H23N3OS. The molecule has 0 unspecified atom stereocenters. The van der Waals surface area contributed by atoms with Gasteiger partial charge in [0.2, 0.25) is 5.91 Å². The van der Waals surface area contributed by atoms with E-state index in [0.717, 1.165) is 38.0 Å². The molecule has 0 atom stereocenters. The molecular weight excluding hydrogens is 318 g/mol. The molecule has 0 radical (unpaired) electrons. The average Bonchev–Trinajstić information content (AvgIpc) is 3.10. The summed E-state index contributed by atoms with van der Waals surface area (Å²) in [5.74, 6) is 0.236. The second-order valence-electron chi connectivity index (χ2n) is 6.74. The normalized spacial score (nSPS) is 19.2. The van der Waals surface area contributed by atoms with Gasteiger partial charge in [0, 0.05) is 49.5 Å². The maximum atomic E-state index is 12.5. The van der Waals surface area contributed by atoms with Crippen molar-refractivity contribution >= 4 is 17.2 Å². The van der Waals surface area contributed by atoms with Crippen molar-refractivity contribution in [1.82, 2.24) is 14.8 Å². The third kappa shape index (κ3) is 3.37. The Kier molecular flexibility index (Phi) is 4.63. The molecule has 5 heteroatoms. The molecule has 2 aromatic heterocycles. The fraction of sp³-hybridized carbons (Fsp3) is 0.474. The van der Waals surface area contributed by atoms with Crippen molar-refractivity contribution in [3.05, 3.63) is 52.0 Å². The van der Waals surface area contributed by atoms with Crippen LogP contribution in [0.15, 0.2) is 36.0 Å². The van der Waals surface area contributed by atoms with E-state index in [1.807, 2.05) is 28.4 Å². The summed E-state index contributed by atoms with van der Waals surface area (Å²) in [5.41, 5.74) is 2.52. The summed E-state index contributed by atoms with van der Waals surface area (Å²) in [5, 5.41) is 2.22. The number of fused-ring (bicyclic) bond motifs is 1. The number of thiophene rings is 1. The van der Waals surface area contributed by atoms with Gasteiger partial charge in [0.1, 0.15) is 0 Å². The summed E-state index contributed by atoms with van der Waals surface area (Å²) >= 11 is 1.89. The highest BCUT2D eigenvalue weighted by Gasteiger charge is 2.29. The lowest BCUT2D eigenvalue weighted by atomic mass is 9.99. The van der Waals surface area contributed by atoms with Crippen molar-refractivity contribution < 1.29 is 4.79 Å². The van der Waals surface area contributed by atoms with E-state index in [4.69, 9.17) is 0 Å². The minimum atomic E-state index is 0.236. The number of carbonyl (C=O) groups is 1. The summed E-state index contributed by atoms with van der Waals surface area (Å²) in [7, 11) is 0. The fourth-order valence-corrected chi connectivity index (χ4v) is 4.74. The Morgan fingerprint density at radius 2 is 2.12 bits per heavy atom. The van der Waals surface area contributed by atoms with Crippen molar-refractivity contribution in [1.29, 1.82) is 0 Å². The number of hydrogen-bond acceptors (Lipinski definition) is 4. The first-order chi connectivity index (χ1) is 11.8. The number of hydrogen-bond donors (Lipinski definition) is 0. The maximum Gasteiger partial charge on any atom is 0.227 e. The number of pyridine rings is 1. The summed E-state index contributed by atoms with van der Waals surface area (Å²) < 4.78 is 0. The molecule has 1 fully saturated rings. The van der Waals surface area contributed by atoms with Gasteiger partial charge in [-0.2, -0.15) is 0 Å². The SMILES string of the molecule is O=C(Cc1cccnc1)N1CCC(N2CCc3sccc3C2)CC1. The largest absolute Gasteiger partial charge is 0.342 e. The molecule has 0 spiro atoms. The van der Waals surface area contributed by atoms with Crippen LogP contribution in [0.1, 0.15) is 28.8 Å². The molecule has 126 valence electrons. The van der Waals surface area contributed by atoms with E-state index in [1.165, 1.54) is 18.5 Å². The molecule has 24 heavy (non-hydrogen) atoms. The zero-order chi connectivity index (χ0) is 16.4. The number of amides is 1. The molecule has 2 aromatic rings. The summed E-state index contributed by atoms with van der Waals surface area (Å²) in [6.45, 7) is 4.03. The van der Waals surface area contributed by atoms with Crippen molar-refractivity contribution in [2.75, 3.05) is 19.6 Å². The van der Waals surface area contributed by atoms with Crippen LogP contribution in [0, 0.1) is 0 Å². The highest BCUT2D eigenvalue weighted by molar-refractivity contribution is 7.10. The second kappa shape index (κ2) is 7.03. The molecule has 4 rings (SSSR count). The van der Waals surface area contributed by atoms with Crippen LogP contribution >= 0.6 is 11.3 Å². The highest BCUT2D eigenvalue weighted by atomic mass is 32.1. The smallest absolute Gasteiger partial charge is 0.227 e. The molecule has 0 bridgehead atoms. The second-order valence-corrected chi connectivity index (χ2v) is 7.74. The van der Waals surface area contributed by atoms with Crippen LogP contribution < -0.4 is 0 Å². The predicted molar refractivity (Wildman–Crippen MR) is 96.0 cm³/mol. The van der Waals surface area contributed by atoms with Crippen LogP contribution in [0.3, 0.4) is 0 Å². The van der Waals surface area contributed by atoms with E-state index in [0.29, 0.717) is 12.5 Å². The molecule has 0 saturated carbocycles. The first-order valence-corrected chi connectivity index (χ1v) is 9.63. The number of aromatic nitrogens is 1. The van der Waals surface area contributed by atoms with Gasteiger partial charge < -0.3 is 4.90 Å². The van der Waals surface area contributed by atoms with Crippen LogP contribution in [-0.4, -0.2) is 46.4 Å². The van der Waals surface area contributed by atoms with Gasteiger partial charge in [-0.05, 0) is 47.9 Å². The molecule has 0 N–H and O–H groups in total. The van der Waals surface area contributed by atoms with Gasteiger partial charge in [0.25, 0.3) is 0 Å². The minimum Gasteiger partial charge on any atom is -0.342 e. The zero-order valence-electron chi connectivity index (χ0n) is 13.9. The van der Waals surface area contributed by atoms with Crippen LogP contribution in [0.5, 0.6) is 0 Å². The highest BCUT2D eigenvalue weighted by Crippen LogP contribution is 2.28. The Balaban J connectivity index is 1.30. The molecule has 4 nitrogen and oxygen atoms in total. The van der Waals surface area contributed by atoms with E-state index < -0.39 is 0 Å². The maximum absolute atomic E-state index is 12.5. The van der Waals surface area contributed by atoms with Gasteiger partial charge in [-0.1, -0.05) is 6.07 Å². The number of likely N-dealkylation sites (tertiary alicyclic amines) is 1. The molecule has 0 aliphatic carbocycles. The number of nitrogens with zero attached hydrogens (tertiary/aromatic N) is 3. The predicted octanol–water partition coefficient (Wildman–Crippen LogP) is 2.73. The first kappa shape index (κ1) is 15.8. The van der Waals surface area contributed by atoms with Gasteiger partial charge in [0.15, 0.2) is 0 Å². The van der Waals surface area contributed by atoms with Crippen LogP contribution in [0.4, 0.5) is 0 Å². The summed E-state index contributed by atoms with van der Waals surface area (Å²) in [4.78, 5) is 22.8. The summed E-state index contributed by atoms with van der Waals surface area (Å²) in [6.07, 6.45) is 7.39. The van der Waals surface area contributed by atoms with Crippen molar-refractivity contribution in [2.45, 2.75) is 38.3 Å². The Bertz CT molecular complexity index is 692. The Hall–Kier alpha value is -1.72. The van der Waals surface area contributed by atoms with Crippen molar-refractivity contribution in [3.63, 3.8) is 0 Å². The molecule has 0 aromatic carbocycles.